The molecule has 0 amide bonds. The van der Waals surface area contributed by atoms with Crippen LogP contribution in [-0.2, 0) is 34.7 Å². The summed E-state index contributed by atoms with van der Waals surface area (Å²) in [5.41, 5.74) is -2.26. The zero-order valence-corrected chi connectivity index (χ0v) is 12.9. The third-order valence-corrected chi connectivity index (χ3v) is 4.54. The Morgan fingerprint density at radius 3 is 1.33 bits per heavy atom. The number of hydrogen-bond donors (Lipinski definition) is 0. The summed E-state index contributed by atoms with van der Waals surface area (Å²) in [5.74, 6) is -0.941. The Morgan fingerprint density at radius 1 is 0.667 bits per heavy atom. The summed E-state index contributed by atoms with van der Waals surface area (Å²) in [5, 5.41) is 0. The summed E-state index contributed by atoms with van der Waals surface area (Å²) in [6.07, 6.45) is -9.21. The fraction of sp³-hybridized carbons (Fsp3) is 0.250. The smallest absolute Gasteiger partial charge is 0.259 e. The van der Waals surface area contributed by atoms with Crippen LogP contribution in [0.25, 0.3) is 0 Å². The molecule has 0 radical (unpaired) electrons. The van der Waals surface area contributed by atoms with Gasteiger partial charge in [-0.3, -0.25) is 4.21 Å². The fourth-order valence-electron chi connectivity index (χ4n) is 2.24. The van der Waals surface area contributed by atoms with Crippen molar-refractivity contribution in [3.63, 3.8) is 0 Å². The van der Waals surface area contributed by atoms with Crippen LogP contribution in [-0.4, -0.2) is 4.21 Å². The van der Waals surface area contributed by atoms with E-state index in [1.165, 1.54) is 36.4 Å². The molecule has 0 heterocycles. The number of benzene rings is 2. The quantitative estimate of drug-likeness (QED) is 0.682. The molecule has 0 aliphatic rings. The molecule has 24 heavy (non-hydrogen) atoms. The van der Waals surface area contributed by atoms with Gasteiger partial charge in [0.25, 0.3) is 0 Å². The Kier molecular flexibility index (Phi) is 5.37. The Balaban J connectivity index is 2.22. The highest BCUT2D eigenvalue weighted by Gasteiger charge is 2.34. The highest BCUT2D eigenvalue weighted by atomic mass is 32.2. The van der Waals surface area contributed by atoms with Crippen LogP contribution in [0.4, 0.5) is 26.3 Å². The second-order valence-corrected chi connectivity index (χ2v) is 6.50. The molecule has 1 nitrogen and oxygen atoms in total. The zero-order valence-electron chi connectivity index (χ0n) is 12.1. The Bertz CT molecular complexity index is 674. The first-order valence-corrected chi connectivity index (χ1v) is 8.23. The first-order chi connectivity index (χ1) is 11.1. The molecular formula is C16H12F6OS. The summed E-state index contributed by atoms with van der Waals surface area (Å²) in [6.45, 7) is 0. The Hall–Kier alpha value is -1.83. The largest absolute Gasteiger partial charge is 0.416 e. The van der Waals surface area contributed by atoms with Crippen LogP contribution in [0.1, 0.15) is 22.3 Å². The summed E-state index contributed by atoms with van der Waals surface area (Å²) in [7, 11) is -1.91. The minimum Gasteiger partial charge on any atom is -0.259 e. The van der Waals surface area contributed by atoms with Crippen LogP contribution in [0, 0.1) is 0 Å². The van der Waals surface area contributed by atoms with Gasteiger partial charge in [-0.2, -0.15) is 26.3 Å². The van der Waals surface area contributed by atoms with Crippen molar-refractivity contribution < 1.29 is 30.6 Å². The van der Waals surface area contributed by atoms with Gasteiger partial charge in [0.05, 0.1) is 11.1 Å². The summed E-state index contributed by atoms with van der Waals surface area (Å²) in [6, 6.07) is 9.21. The topological polar surface area (TPSA) is 17.1 Å². The third-order valence-electron chi connectivity index (χ3n) is 3.28. The van der Waals surface area contributed by atoms with Gasteiger partial charge in [0.1, 0.15) is 0 Å². The Morgan fingerprint density at radius 2 is 1.00 bits per heavy atom. The molecule has 0 bridgehead atoms. The van der Waals surface area contributed by atoms with Gasteiger partial charge >= 0.3 is 12.4 Å². The first-order valence-electron chi connectivity index (χ1n) is 6.74. The maximum Gasteiger partial charge on any atom is 0.416 e. The lowest BCUT2D eigenvalue weighted by atomic mass is 10.1. The average molecular weight is 366 g/mol. The number of alkyl halides is 6. The molecule has 0 atom stereocenters. The predicted molar refractivity (Wildman–Crippen MR) is 78.4 cm³/mol. The van der Waals surface area contributed by atoms with Crippen molar-refractivity contribution in [3.8, 4) is 0 Å². The van der Waals surface area contributed by atoms with E-state index >= 15 is 0 Å². The normalized spacial score (nSPS) is 12.6. The molecular weight excluding hydrogens is 354 g/mol. The van der Waals surface area contributed by atoms with Crippen molar-refractivity contribution in [3.05, 3.63) is 70.8 Å². The monoisotopic (exact) mass is 366 g/mol. The van der Waals surface area contributed by atoms with Crippen LogP contribution in [0.2, 0.25) is 0 Å². The zero-order chi connectivity index (χ0) is 18.0. The molecule has 0 saturated carbocycles. The number of rotatable bonds is 4. The van der Waals surface area contributed by atoms with Crippen molar-refractivity contribution in [1.82, 2.24) is 0 Å². The van der Waals surface area contributed by atoms with Crippen molar-refractivity contribution in [2.75, 3.05) is 0 Å². The number of halogens is 6. The molecule has 0 aromatic heterocycles. The van der Waals surface area contributed by atoms with Gasteiger partial charge < -0.3 is 0 Å². The van der Waals surface area contributed by atoms with E-state index in [1.54, 1.807) is 0 Å². The SMILES string of the molecule is O=S(Cc1ccccc1C(F)(F)F)Cc1ccccc1C(F)(F)F. The molecule has 0 unspecified atom stereocenters. The second-order valence-electron chi connectivity index (χ2n) is 5.04. The average Bonchev–Trinajstić information content (AvgIpc) is 2.46. The summed E-state index contributed by atoms with van der Waals surface area (Å²) >= 11 is 0. The van der Waals surface area contributed by atoms with E-state index in [1.807, 2.05) is 0 Å². The molecule has 0 saturated heterocycles. The molecule has 0 spiro atoms. The number of hydrogen-bond acceptors (Lipinski definition) is 1. The lowest BCUT2D eigenvalue weighted by molar-refractivity contribution is -0.138. The Labute approximate surface area is 136 Å². The van der Waals surface area contributed by atoms with E-state index in [4.69, 9.17) is 0 Å². The molecule has 0 fully saturated rings. The predicted octanol–water partition coefficient (Wildman–Crippen LogP) is 5.17. The molecule has 0 N–H and O–H groups in total. The lowest BCUT2D eigenvalue weighted by Crippen LogP contribution is -2.13. The first kappa shape index (κ1) is 18.5. The fourth-order valence-corrected chi connectivity index (χ4v) is 3.54. The van der Waals surface area contributed by atoms with Gasteiger partial charge in [0.2, 0.25) is 0 Å². The van der Waals surface area contributed by atoms with E-state index in [9.17, 15) is 30.6 Å². The molecule has 8 heteroatoms. The van der Waals surface area contributed by atoms with Gasteiger partial charge in [-0.15, -0.1) is 0 Å². The molecule has 0 aliphatic carbocycles. The standard InChI is InChI=1S/C16H12F6OS/c17-15(18,19)13-7-3-1-5-11(13)9-24(23)10-12-6-2-4-8-14(12)16(20,21)22/h1-8H,9-10H2. The molecule has 0 aliphatic heterocycles. The van der Waals surface area contributed by atoms with Crippen molar-refractivity contribution in [2.24, 2.45) is 0 Å². The third kappa shape index (κ3) is 4.59. The minimum atomic E-state index is -4.61. The minimum absolute atomic E-state index is 0.201. The van der Waals surface area contributed by atoms with E-state index in [2.05, 4.69) is 0 Å². The van der Waals surface area contributed by atoms with E-state index in [0.29, 0.717) is 0 Å². The van der Waals surface area contributed by atoms with Crippen molar-refractivity contribution in [1.29, 1.82) is 0 Å². The van der Waals surface area contributed by atoms with Gasteiger partial charge in [-0.1, -0.05) is 36.4 Å². The lowest BCUT2D eigenvalue weighted by Gasteiger charge is -2.14. The van der Waals surface area contributed by atoms with Crippen LogP contribution >= 0.6 is 0 Å². The highest BCUT2D eigenvalue weighted by Crippen LogP contribution is 2.34. The van der Waals surface area contributed by atoms with Gasteiger partial charge in [0.15, 0.2) is 0 Å². The van der Waals surface area contributed by atoms with E-state index < -0.39 is 45.8 Å². The van der Waals surface area contributed by atoms with Crippen molar-refractivity contribution >= 4 is 10.8 Å². The van der Waals surface area contributed by atoms with E-state index in [0.717, 1.165) is 12.1 Å². The molecule has 130 valence electrons. The maximum atomic E-state index is 12.9. The molecule has 2 aromatic carbocycles. The highest BCUT2D eigenvalue weighted by molar-refractivity contribution is 7.83. The van der Waals surface area contributed by atoms with Crippen LogP contribution < -0.4 is 0 Å². The maximum absolute atomic E-state index is 12.9. The summed E-state index contributed by atoms with van der Waals surface area (Å²) in [4.78, 5) is 0. The molecule has 2 aromatic rings. The van der Waals surface area contributed by atoms with Gasteiger partial charge in [-0.05, 0) is 23.3 Å². The van der Waals surface area contributed by atoms with Crippen LogP contribution in [0.15, 0.2) is 48.5 Å². The molecule has 2 rings (SSSR count). The van der Waals surface area contributed by atoms with E-state index in [-0.39, 0.29) is 11.1 Å². The summed E-state index contributed by atoms with van der Waals surface area (Å²) < 4.78 is 89.5. The second kappa shape index (κ2) is 6.96. The van der Waals surface area contributed by atoms with Crippen molar-refractivity contribution in [2.45, 2.75) is 23.9 Å². The van der Waals surface area contributed by atoms with Gasteiger partial charge in [-0.25, -0.2) is 0 Å². The van der Waals surface area contributed by atoms with Crippen LogP contribution in [0.5, 0.6) is 0 Å². The van der Waals surface area contributed by atoms with Crippen LogP contribution in [0.3, 0.4) is 0 Å². The van der Waals surface area contributed by atoms with Gasteiger partial charge in [0, 0.05) is 22.3 Å².